The number of aliphatic carboxylic acids is 1. The van der Waals surface area contributed by atoms with Crippen LogP contribution >= 0.6 is 0 Å². The van der Waals surface area contributed by atoms with E-state index in [9.17, 15) is 9.59 Å². The molecule has 5 nitrogen and oxygen atoms in total. The van der Waals surface area contributed by atoms with Crippen LogP contribution < -0.4 is 5.32 Å². The number of carbonyl (C=O) groups excluding carboxylic acids is 1. The fraction of sp³-hybridized carbons (Fsp3) is 0.385. The first kappa shape index (κ1) is 12.4. The Labute approximate surface area is 105 Å². The fourth-order valence-electron chi connectivity index (χ4n) is 2.16. The summed E-state index contributed by atoms with van der Waals surface area (Å²) >= 11 is 0. The molecule has 0 saturated carbocycles. The lowest BCUT2D eigenvalue weighted by Gasteiger charge is -2.21. The van der Waals surface area contributed by atoms with Gasteiger partial charge in [0.1, 0.15) is 6.04 Å². The Bertz CT molecular complexity index is 433. The van der Waals surface area contributed by atoms with E-state index in [-0.39, 0.29) is 12.5 Å². The molecule has 1 unspecified atom stereocenters. The fourth-order valence-corrected chi connectivity index (χ4v) is 2.16. The van der Waals surface area contributed by atoms with Crippen LogP contribution in [0.2, 0.25) is 0 Å². The van der Waals surface area contributed by atoms with E-state index in [0.717, 1.165) is 12.1 Å². The molecule has 1 fully saturated rings. The summed E-state index contributed by atoms with van der Waals surface area (Å²) in [5.74, 6) is -1.08. The molecule has 1 aliphatic heterocycles. The van der Waals surface area contributed by atoms with Crippen molar-refractivity contribution in [3.63, 3.8) is 0 Å². The van der Waals surface area contributed by atoms with Gasteiger partial charge >= 0.3 is 5.97 Å². The minimum Gasteiger partial charge on any atom is -0.480 e. The van der Waals surface area contributed by atoms with Crippen LogP contribution in [-0.4, -0.2) is 41.0 Å². The van der Waals surface area contributed by atoms with Gasteiger partial charge in [-0.15, -0.1) is 0 Å². The molecule has 1 aliphatic rings. The van der Waals surface area contributed by atoms with Gasteiger partial charge in [0.15, 0.2) is 0 Å². The molecule has 18 heavy (non-hydrogen) atoms. The van der Waals surface area contributed by atoms with Gasteiger partial charge in [-0.25, -0.2) is 4.79 Å². The molecule has 0 aliphatic carbocycles. The first-order valence-corrected chi connectivity index (χ1v) is 5.99. The van der Waals surface area contributed by atoms with Crippen LogP contribution in [0.5, 0.6) is 0 Å². The van der Waals surface area contributed by atoms with Crippen LogP contribution in [-0.2, 0) is 9.59 Å². The Morgan fingerprint density at radius 3 is 2.72 bits per heavy atom. The lowest BCUT2D eigenvalue weighted by molar-refractivity contribution is -0.147. The second kappa shape index (κ2) is 5.53. The van der Waals surface area contributed by atoms with Crippen molar-refractivity contribution in [2.24, 2.45) is 0 Å². The Kier molecular flexibility index (Phi) is 3.82. The van der Waals surface area contributed by atoms with E-state index in [2.05, 4.69) is 5.32 Å². The number of likely N-dealkylation sites (tertiary alicyclic amines) is 1. The molecule has 5 heteroatoms. The van der Waals surface area contributed by atoms with Crippen molar-refractivity contribution < 1.29 is 14.7 Å². The second-order valence-corrected chi connectivity index (χ2v) is 4.30. The number of rotatable bonds is 4. The van der Waals surface area contributed by atoms with Gasteiger partial charge in [-0.1, -0.05) is 18.2 Å². The van der Waals surface area contributed by atoms with Crippen LogP contribution in [0.15, 0.2) is 30.3 Å². The number of nitrogens with one attached hydrogen (secondary N) is 1. The second-order valence-electron chi connectivity index (χ2n) is 4.30. The number of carbonyl (C=O) groups is 2. The first-order chi connectivity index (χ1) is 8.68. The third-order valence-electron chi connectivity index (χ3n) is 3.08. The molecule has 2 rings (SSSR count). The van der Waals surface area contributed by atoms with Crippen LogP contribution in [0, 0.1) is 0 Å². The van der Waals surface area contributed by atoms with Crippen LogP contribution in [0.3, 0.4) is 0 Å². The molecule has 2 N–H and O–H groups in total. The SMILES string of the molecule is O=C(O)C1CCCN1C(=O)CNc1ccccc1. The predicted molar refractivity (Wildman–Crippen MR) is 67.3 cm³/mol. The van der Waals surface area contributed by atoms with E-state index in [1.54, 1.807) is 0 Å². The summed E-state index contributed by atoms with van der Waals surface area (Å²) < 4.78 is 0. The van der Waals surface area contributed by atoms with Gasteiger partial charge in [-0.05, 0) is 25.0 Å². The highest BCUT2D eigenvalue weighted by atomic mass is 16.4. The topological polar surface area (TPSA) is 69.6 Å². The summed E-state index contributed by atoms with van der Waals surface area (Å²) in [6, 6.07) is 8.73. The zero-order valence-corrected chi connectivity index (χ0v) is 10.0. The number of carboxylic acids is 1. The Morgan fingerprint density at radius 2 is 2.06 bits per heavy atom. The van der Waals surface area contributed by atoms with Crippen molar-refractivity contribution in [3.05, 3.63) is 30.3 Å². The number of para-hydroxylation sites is 1. The smallest absolute Gasteiger partial charge is 0.326 e. The molecule has 1 atom stereocenters. The van der Waals surface area contributed by atoms with Gasteiger partial charge in [-0.2, -0.15) is 0 Å². The molecule has 1 saturated heterocycles. The summed E-state index contributed by atoms with van der Waals surface area (Å²) in [4.78, 5) is 24.4. The molecule has 96 valence electrons. The molecule has 1 amide bonds. The molecule has 0 bridgehead atoms. The average Bonchev–Trinajstić information content (AvgIpc) is 2.86. The molecule has 1 aromatic rings. The van der Waals surface area contributed by atoms with Gasteiger partial charge < -0.3 is 15.3 Å². The van der Waals surface area contributed by atoms with Crippen molar-refractivity contribution in [3.8, 4) is 0 Å². The van der Waals surface area contributed by atoms with E-state index in [1.807, 2.05) is 30.3 Å². The number of hydrogen-bond acceptors (Lipinski definition) is 3. The van der Waals surface area contributed by atoms with Crippen molar-refractivity contribution in [1.29, 1.82) is 0 Å². The van der Waals surface area contributed by atoms with Gasteiger partial charge in [0, 0.05) is 12.2 Å². The molecular formula is C13H16N2O3. The third-order valence-corrected chi connectivity index (χ3v) is 3.08. The Balaban J connectivity index is 1.90. The normalized spacial score (nSPS) is 18.7. The van der Waals surface area contributed by atoms with E-state index in [4.69, 9.17) is 5.11 Å². The lowest BCUT2D eigenvalue weighted by atomic mass is 10.2. The van der Waals surface area contributed by atoms with Crippen molar-refractivity contribution in [2.75, 3.05) is 18.4 Å². The van der Waals surface area contributed by atoms with Gasteiger partial charge in [0.25, 0.3) is 0 Å². The Hall–Kier alpha value is -2.04. The minimum absolute atomic E-state index is 0.133. The standard InChI is InChI=1S/C13H16N2O3/c16-12(9-14-10-5-2-1-3-6-10)15-8-4-7-11(15)13(17)18/h1-3,5-6,11,14H,4,7-9H2,(H,17,18). The first-order valence-electron chi connectivity index (χ1n) is 5.99. The maximum atomic E-state index is 11.9. The number of hydrogen-bond donors (Lipinski definition) is 2. The van der Waals surface area contributed by atoms with E-state index in [0.29, 0.717) is 13.0 Å². The zero-order valence-electron chi connectivity index (χ0n) is 10.0. The number of amides is 1. The molecular weight excluding hydrogens is 232 g/mol. The quantitative estimate of drug-likeness (QED) is 0.839. The van der Waals surface area contributed by atoms with Crippen LogP contribution in [0.4, 0.5) is 5.69 Å². The maximum absolute atomic E-state index is 11.9. The lowest BCUT2D eigenvalue weighted by Crippen LogP contribution is -2.43. The number of anilines is 1. The highest BCUT2D eigenvalue weighted by Gasteiger charge is 2.33. The number of nitrogens with zero attached hydrogens (tertiary/aromatic N) is 1. The monoisotopic (exact) mass is 248 g/mol. The molecule has 0 aromatic heterocycles. The van der Waals surface area contributed by atoms with E-state index < -0.39 is 12.0 Å². The van der Waals surface area contributed by atoms with E-state index >= 15 is 0 Å². The van der Waals surface area contributed by atoms with Crippen LogP contribution in [0.25, 0.3) is 0 Å². The highest BCUT2D eigenvalue weighted by molar-refractivity contribution is 5.86. The predicted octanol–water partition coefficient (Wildman–Crippen LogP) is 1.17. The average molecular weight is 248 g/mol. The van der Waals surface area contributed by atoms with Crippen LogP contribution in [0.1, 0.15) is 12.8 Å². The summed E-state index contributed by atoms with van der Waals surface area (Å²) in [6.45, 7) is 0.667. The van der Waals surface area contributed by atoms with Gasteiger partial charge in [-0.3, -0.25) is 4.79 Å². The number of benzene rings is 1. The summed E-state index contributed by atoms with van der Waals surface area (Å²) in [5.41, 5.74) is 0.858. The number of carboxylic acid groups (broad SMARTS) is 1. The van der Waals surface area contributed by atoms with Crippen molar-refractivity contribution in [2.45, 2.75) is 18.9 Å². The van der Waals surface area contributed by atoms with Gasteiger partial charge in [0.05, 0.1) is 6.54 Å². The minimum atomic E-state index is -0.916. The molecule has 0 spiro atoms. The Morgan fingerprint density at radius 1 is 1.33 bits per heavy atom. The summed E-state index contributed by atoms with van der Waals surface area (Å²) in [6.07, 6.45) is 1.31. The molecule has 1 aromatic carbocycles. The van der Waals surface area contributed by atoms with Crippen molar-refractivity contribution in [1.82, 2.24) is 4.90 Å². The highest BCUT2D eigenvalue weighted by Crippen LogP contribution is 2.17. The maximum Gasteiger partial charge on any atom is 0.326 e. The zero-order chi connectivity index (χ0) is 13.0. The van der Waals surface area contributed by atoms with E-state index in [1.165, 1.54) is 4.90 Å². The third kappa shape index (κ3) is 2.80. The summed E-state index contributed by atoms with van der Waals surface area (Å²) in [7, 11) is 0. The van der Waals surface area contributed by atoms with Crippen molar-refractivity contribution >= 4 is 17.6 Å². The summed E-state index contributed by atoms with van der Waals surface area (Å²) in [5, 5.41) is 12.0. The molecule has 1 heterocycles. The largest absolute Gasteiger partial charge is 0.480 e. The van der Waals surface area contributed by atoms with Gasteiger partial charge in [0.2, 0.25) is 5.91 Å². The molecule has 0 radical (unpaired) electrons.